The Kier molecular flexibility index (Phi) is 5.07. The van der Waals surface area contributed by atoms with E-state index in [0.29, 0.717) is 29.1 Å². The van der Waals surface area contributed by atoms with Crippen LogP contribution in [0.4, 0.5) is 10.4 Å². The first-order valence-electron chi connectivity index (χ1n) is 10.7. The maximum atomic E-state index is 13.8. The number of oxazole rings is 1. The Morgan fingerprint density at radius 2 is 1.97 bits per heavy atom. The summed E-state index contributed by atoms with van der Waals surface area (Å²) in [6.07, 6.45) is 9.24. The number of pyridine rings is 2. The average molecular weight is 404 g/mol. The van der Waals surface area contributed by atoms with E-state index in [1.165, 1.54) is 24.5 Å². The first kappa shape index (κ1) is 19.0. The summed E-state index contributed by atoms with van der Waals surface area (Å²) in [5.41, 5.74) is 3.45. The summed E-state index contributed by atoms with van der Waals surface area (Å²) in [6.45, 7) is 2.17. The molecule has 1 fully saturated rings. The topological polar surface area (TPSA) is 63.8 Å². The van der Waals surface area contributed by atoms with Crippen LogP contribution < -0.4 is 5.32 Å². The van der Waals surface area contributed by atoms with Gasteiger partial charge in [-0.05, 0) is 92.8 Å². The van der Waals surface area contributed by atoms with E-state index >= 15 is 0 Å². The van der Waals surface area contributed by atoms with Crippen LogP contribution >= 0.6 is 0 Å². The van der Waals surface area contributed by atoms with Crippen LogP contribution in [0.1, 0.15) is 50.5 Å². The molecule has 3 heterocycles. The van der Waals surface area contributed by atoms with E-state index in [0.717, 1.165) is 30.2 Å². The Morgan fingerprint density at radius 3 is 2.80 bits per heavy atom. The van der Waals surface area contributed by atoms with Crippen LogP contribution in [0.5, 0.6) is 0 Å². The monoisotopic (exact) mass is 404 g/mol. The first-order valence-corrected chi connectivity index (χ1v) is 10.7. The van der Waals surface area contributed by atoms with E-state index in [-0.39, 0.29) is 11.9 Å². The molecule has 0 radical (unpaired) electrons. The number of fused-ring (bicyclic) bond motifs is 2. The summed E-state index contributed by atoms with van der Waals surface area (Å²) in [4.78, 5) is 13.0. The van der Waals surface area contributed by atoms with Crippen molar-refractivity contribution in [2.45, 2.75) is 51.0 Å². The zero-order valence-electron chi connectivity index (χ0n) is 17.0. The summed E-state index contributed by atoms with van der Waals surface area (Å²) < 4.78 is 19.5. The van der Waals surface area contributed by atoms with Crippen LogP contribution in [0.3, 0.4) is 0 Å². The summed E-state index contributed by atoms with van der Waals surface area (Å²) in [5.74, 6) is 0.941. The summed E-state index contributed by atoms with van der Waals surface area (Å²) in [7, 11) is 0. The fourth-order valence-corrected chi connectivity index (χ4v) is 4.81. The lowest BCUT2D eigenvalue weighted by Crippen LogP contribution is -2.23. The molecule has 30 heavy (non-hydrogen) atoms. The van der Waals surface area contributed by atoms with Crippen molar-refractivity contribution in [3.63, 3.8) is 0 Å². The first-order chi connectivity index (χ1) is 14.7. The minimum Gasteiger partial charge on any atom is -0.422 e. The molecule has 1 aromatic carbocycles. The number of benzene rings is 1. The van der Waals surface area contributed by atoms with Gasteiger partial charge in [-0.15, -0.1) is 0 Å². The van der Waals surface area contributed by atoms with Gasteiger partial charge in [0.1, 0.15) is 5.82 Å². The summed E-state index contributed by atoms with van der Waals surface area (Å²) in [6, 6.07) is 11.5. The largest absolute Gasteiger partial charge is 0.422 e. The summed E-state index contributed by atoms with van der Waals surface area (Å²) >= 11 is 0. The van der Waals surface area contributed by atoms with Gasteiger partial charge >= 0.3 is 0 Å². The van der Waals surface area contributed by atoms with Crippen LogP contribution in [0.15, 0.2) is 53.2 Å². The minimum absolute atomic E-state index is 0.195. The highest BCUT2D eigenvalue weighted by molar-refractivity contribution is 5.82. The Labute approximate surface area is 174 Å². The molecule has 0 aliphatic heterocycles. The molecule has 5 rings (SSSR count). The van der Waals surface area contributed by atoms with Crippen LogP contribution in [0.2, 0.25) is 0 Å². The molecule has 1 aliphatic carbocycles. The number of rotatable bonds is 5. The maximum absolute atomic E-state index is 13.8. The predicted octanol–water partition coefficient (Wildman–Crippen LogP) is 6.07. The molecule has 5 nitrogen and oxygen atoms in total. The van der Waals surface area contributed by atoms with Crippen molar-refractivity contribution in [2.24, 2.45) is 5.92 Å². The van der Waals surface area contributed by atoms with Crippen LogP contribution in [-0.2, 0) is 0 Å². The number of nitrogens with one attached hydrogen (secondary N) is 1. The van der Waals surface area contributed by atoms with Gasteiger partial charge in [-0.2, -0.15) is 4.98 Å². The highest BCUT2D eigenvalue weighted by Gasteiger charge is 2.25. The Hall–Kier alpha value is -3.02. The second-order valence-electron chi connectivity index (χ2n) is 8.40. The van der Waals surface area contributed by atoms with Gasteiger partial charge in [-0.3, -0.25) is 4.98 Å². The van der Waals surface area contributed by atoms with Gasteiger partial charge in [0.15, 0.2) is 5.58 Å². The van der Waals surface area contributed by atoms with Crippen LogP contribution in [0, 0.1) is 11.7 Å². The van der Waals surface area contributed by atoms with E-state index < -0.39 is 0 Å². The second kappa shape index (κ2) is 8.01. The van der Waals surface area contributed by atoms with Gasteiger partial charge in [0.05, 0.1) is 5.52 Å². The number of anilines is 1. The maximum Gasteiger partial charge on any atom is 0.297 e. The van der Waals surface area contributed by atoms with Crippen molar-refractivity contribution in [1.29, 1.82) is 0 Å². The number of hydrogen-bond acceptors (Lipinski definition) is 5. The Balaban J connectivity index is 1.20. The van der Waals surface area contributed by atoms with Crippen molar-refractivity contribution in [3.8, 4) is 0 Å². The minimum atomic E-state index is -0.195. The lowest BCUT2D eigenvalue weighted by Gasteiger charge is -2.31. The zero-order valence-corrected chi connectivity index (χ0v) is 17.0. The molecule has 1 N–H and O–H groups in total. The number of aromatic nitrogens is 3. The van der Waals surface area contributed by atoms with E-state index in [9.17, 15) is 4.39 Å². The van der Waals surface area contributed by atoms with Crippen LogP contribution in [0.25, 0.3) is 22.1 Å². The highest BCUT2D eigenvalue weighted by Crippen LogP contribution is 2.40. The van der Waals surface area contributed by atoms with E-state index in [4.69, 9.17) is 4.42 Å². The fraction of sp³-hybridized carbons (Fsp3) is 0.375. The SMILES string of the molecule is CC(C[C@H]1CC[C@@H](c2ccnc3ccc(F)cc32)CC1)Nc1nc2ncccc2o1. The molecule has 0 saturated heterocycles. The lowest BCUT2D eigenvalue weighted by atomic mass is 9.76. The second-order valence-corrected chi connectivity index (χ2v) is 8.40. The van der Waals surface area contributed by atoms with Crippen molar-refractivity contribution >= 4 is 28.1 Å². The van der Waals surface area contributed by atoms with Gasteiger partial charge < -0.3 is 9.73 Å². The molecule has 0 amide bonds. The van der Waals surface area contributed by atoms with Crippen molar-refractivity contribution in [3.05, 3.63) is 60.2 Å². The third-order valence-corrected chi connectivity index (χ3v) is 6.25. The molecule has 1 saturated carbocycles. The number of nitrogens with zero attached hydrogens (tertiary/aromatic N) is 3. The molecule has 6 heteroatoms. The van der Waals surface area contributed by atoms with Crippen LogP contribution in [-0.4, -0.2) is 21.0 Å². The van der Waals surface area contributed by atoms with E-state index in [2.05, 4.69) is 33.3 Å². The molecule has 1 aliphatic rings. The standard InChI is InChI=1S/C24H25FN4O/c1-15(28-24-29-23-22(30-24)3-2-11-27-23)13-16-4-6-17(7-5-16)19-10-12-26-21-9-8-18(25)14-20(19)21/h2-3,8-12,14-17H,4-7,13H2,1H3,(H,27,28,29)/t15?,16-,17+. The van der Waals surface area contributed by atoms with Gasteiger partial charge in [-0.1, -0.05) is 0 Å². The van der Waals surface area contributed by atoms with E-state index in [1.54, 1.807) is 18.3 Å². The quantitative estimate of drug-likeness (QED) is 0.437. The molecular weight excluding hydrogens is 379 g/mol. The van der Waals surface area contributed by atoms with Crippen molar-refractivity contribution in [2.75, 3.05) is 5.32 Å². The molecular formula is C24H25FN4O. The normalized spacial score (nSPS) is 20.5. The van der Waals surface area contributed by atoms with Gasteiger partial charge in [0.25, 0.3) is 6.01 Å². The van der Waals surface area contributed by atoms with Crippen molar-refractivity contribution < 1.29 is 8.81 Å². The van der Waals surface area contributed by atoms with E-state index in [1.807, 2.05) is 18.3 Å². The number of halogens is 1. The van der Waals surface area contributed by atoms with Gasteiger partial charge in [0.2, 0.25) is 5.65 Å². The predicted molar refractivity (Wildman–Crippen MR) is 116 cm³/mol. The lowest BCUT2D eigenvalue weighted by molar-refractivity contribution is 0.301. The van der Waals surface area contributed by atoms with Crippen molar-refractivity contribution in [1.82, 2.24) is 15.0 Å². The molecule has 0 bridgehead atoms. The third kappa shape index (κ3) is 3.86. The summed E-state index contributed by atoms with van der Waals surface area (Å²) in [5, 5.41) is 4.34. The molecule has 154 valence electrons. The Bertz CT molecular complexity index is 1130. The molecule has 1 unspecified atom stereocenters. The average Bonchev–Trinajstić information content (AvgIpc) is 3.16. The third-order valence-electron chi connectivity index (χ3n) is 6.25. The molecule has 3 aromatic heterocycles. The van der Waals surface area contributed by atoms with Gasteiger partial charge in [0, 0.05) is 23.8 Å². The molecule has 1 atom stereocenters. The Morgan fingerprint density at radius 1 is 1.10 bits per heavy atom. The highest BCUT2D eigenvalue weighted by atomic mass is 19.1. The molecule has 0 spiro atoms. The zero-order chi connectivity index (χ0) is 20.5. The van der Waals surface area contributed by atoms with Gasteiger partial charge in [-0.25, -0.2) is 9.37 Å². The molecule has 4 aromatic rings. The fourth-order valence-electron chi connectivity index (χ4n) is 4.81. The number of hydrogen-bond donors (Lipinski definition) is 1. The smallest absolute Gasteiger partial charge is 0.297 e.